The van der Waals surface area contributed by atoms with E-state index in [0.29, 0.717) is 16.9 Å². The standard InChI is InChI=1S/C19H14F4O2/c20-18(21)5-2-12-24-17-4-1-3-15(13-17)7-6-14-8-10-16(11-9-14)25-19(22)23/h1,3-5,8-11,13,19H,2,12H2. The van der Waals surface area contributed by atoms with Crippen molar-refractivity contribution in [2.45, 2.75) is 13.0 Å². The zero-order valence-corrected chi connectivity index (χ0v) is 13.0. The minimum absolute atomic E-state index is 0.0645. The molecule has 0 aromatic heterocycles. The lowest BCUT2D eigenvalue weighted by Crippen LogP contribution is -2.01. The normalized spacial score (nSPS) is 9.96. The Morgan fingerprint density at radius 3 is 2.36 bits per heavy atom. The lowest BCUT2D eigenvalue weighted by atomic mass is 10.1. The molecule has 0 heterocycles. The van der Waals surface area contributed by atoms with E-state index in [1.54, 1.807) is 36.4 Å². The summed E-state index contributed by atoms with van der Waals surface area (Å²) in [5.74, 6) is 6.41. The first-order chi connectivity index (χ1) is 12.0. The van der Waals surface area contributed by atoms with Gasteiger partial charge in [0.05, 0.1) is 6.61 Å². The molecule has 2 aromatic rings. The molecule has 0 bridgehead atoms. The summed E-state index contributed by atoms with van der Waals surface area (Å²) in [4.78, 5) is 0. The van der Waals surface area contributed by atoms with Gasteiger partial charge in [-0.3, -0.25) is 0 Å². The molecule has 0 saturated heterocycles. The molecule has 130 valence electrons. The van der Waals surface area contributed by atoms with E-state index < -0.39 is 12.7 Å². The Hall–Kier alpha value is -2.94. The van der Waals surface area contributed by atoms with Crippen molar-refractivity contribution in [3.8, 4) is 23.3 Å². The number of hydrogen-bond donors (Lipinski definition) is 0. The van der Waals surface area contributed by atoms with E-state index in [4.69, 9.17) is 4.74 Å². The molecule has 0 saturated carbocycles. The average Bonchev–Trinajstić information content (AvgIpc) is 2.58. The van der Waals surface area contributed by atoms with Gasteiger partial charge >= 0.3 is 6.61 Å². The second kappa shape index (κ2) is 9.38. The Bertz CT molecular complexity index is 770. The third kappa shape index (κ3) is 7.00. The monoisotopic (exact) mass is 350 g/mol. The summed E-state index contributed by atoms with van der Waals surface area (Å²) >= 11 is 0. The van der Waals surface area contributed by atoms with Crippen molar-refractivity contribution >= 4 is 0 Å². The van der Waals surface area contributed by atoms with Crippen molar-refractivity contribution in [1.29, 1.82) is 0 Å². The lowest BCUT2D eigenvalue weighted by molar-refractivity contribution is -0.0498. The van der Waals surface area contributed by atoms with Crippen LogP contribution < -0.4 is 9.47 Å². The first-order valence-corrected chi connectivity index (χ1v) is 7.34. The summed E-state index contributed by atoms with van der Waals surface area (Å²) in [6, 6.07) is 12.9. The number of ether oxygens (including phenoxy) is 2. The highest BCUT2D eigenvalue weighted by atomic mass is 19.3. The highest BCUT2D eigenvalue weighted by Gasteiger charge is 2.02. The summed E-state index contributed by atoms with van der Waals surface area (Å²) in [6.07, 6.45) is -0.815. The Labute approximate surface area is 142 Å². The average molecular weight is 350 g/mol. The largest absolute Gasteiger partial charge is 0.493 e. The fourth-order valence-corrected chi connectivity index (χ4v) is 1.87. The second-order valence-electron chi connectivity index (χ2n) is 4.81. The van der Waals surface area contributed by atoms with Crippen LogP contribution in [0, 0.1) is 11.8 Å². The molecule has 0 N–H and O–H groups in total. The van der Waals surface area contributed by atoms with Crippen LogP contribution in [0.3, 0.4) is 0 Å². The van der Waals surface area contributed by atoms with Crippen molar-refractivity contribution in [3.63, 3.8) is 0 Å². The molecule has 25 heavy (non-hydrogen) atoms. The number of rotatable bonds is 6. The Morgan fingerprint density at radius 2 is 1.68 bits per heavy atom. The van der Waals surface area contributed by atoms with E-state index in [1.165, 1.54) is 12.1 Å². The molecule has 0 amide bonds. The lowest BCUT2D eigenvalue weighted by Gasteiger charge is -2.04. The molecule has 2 nitrogen and oxygen atoms in total. The number of halogens is 4. The third-order valence-corrected chi connectivity index (χ3v) is 2.95. The van der Waals surface area contributed by atoms with E-state index >= 15 is 0 Å². The molecule has 0 atom stereocenters. The molecule has 0 unspecified atom stereocenters. The first kappa shape index (κ1) is 18.4. The van der Waals surface area contributed by atoms with Crippen LogP contribution >= 0.6 is 0 Å². The molecule has 2 rings (SSSR count). The van der Waals surface area contributed by atoms with Gasteiger partial charge in [0.1, 0.15) is 11.5 Å². The maximum Gasteiger partial charge on any atom is 0.387 e. The maximum atomic E-state index is 12.1. The van der Waals surface area contributed by atoms with Crippen LogP contribution in [0.4, 0.5) is 17.6 Å². The van der Waals surface area contributed by atoms with E-state index in [2.05, 4.69) is 16.6 Å². The summed E-state index contributed by atoms with van der Waals surface area (Å²) in [5, 5.41) is 0. The van der Waals surface area contributed by atoms with Crippen molar-refractivity contribution in [1.82, 2.24) is 0 Å². The van der Waals surface area contributed by atoms with Gasteiger partial charge in [-0.25, -0.2) is 0 Å². The van der Waals surface area contributed by atoms with Gasteiger partial charge in [0.25, 0.3) is 6.08 Å². The first-order valence-electron chi connectivity index (χ1n) is 7.34. The van der Waals surface area contributed by atoms with Crippen LogP contribution in [-0.2, 0) is 0 Å². The maximum absolute atomic E-state index is 12.1. The molecule has 0 radical (unpaired) electrons. The predicted molar refractivity (Wildman–Crippen MR) is 85.9 cm³/mol. The van der Waals surface area contributed by atoms with Crippen LogP contribution in [0.5, 0.6) is 11.5 Å². The molecule has 0 aliphatic rings. The van der Waals surface area contributed by atoms with Gasteiger partial charge in [-0.1, -0.05) is 17.9 Å². The van der Waals surface area contributed by atoms with Gasteiger partial charge in [0, 0.05) is 17.5 Å². The molecular formula is C19H14F4O2. The van der Waals surface area contributed by atoms with Crippen LogP contribution in [0.2, 0.25) is 0 Å². The Balaban J connectivity index is 1.97. The highest BCUT2D eigenvalue weighted by Crippen LogP contribution is 2.15. The summed E-state index contributed by atoms with van der Waals surface area (Å²) < 4.78 is 57.6. The molecule has 2 aromatic carbocycles. The number of alkyl halides is 2. The van der Waals surface area contributed by atoms with Gasteiger partial charge in [0.15, 0.2) is 0 Å². The predicted octanol–water partition coefficient (Wildman–Crippen LogP) is 5.24. The van der Waals surface area contributed by atoms with E-state index in [0.717, 1.165) is 6.08 Å². The fraction of sp³-hybridized carbons (Fsp3) is 0.158. The molecule has 6 heteroatoms. The van der Waals surface area contributed by atoms with Crippen molar-refractivity contribution in [2.24, 2.45) is 0 Å². The minimum Gasteiger partial charge on any atom is -0.493 e. The summed E-state index contributed by atoms with van der Waals surface area (Å²) in [6.45, 7) is -2.73. The van der Waals surface area contributed by atoms with Crippen LogP contribution in [0.1, 0.15) is 17.5 Å². The fourth-order valence-electron chi connectivity index (χ4n) is 1.87. The van der Waals surface area contributed by atoms with E-state index in [9.17, 15) is 17.6 Å². The quantitative estimate of drug-likeness (QED) is 0.403. The molecule has 0 aliphatic carbocycles. The van der Waals surface area contributed by atoms with E-state index in [-0.39, 0.29) is 18.8 Å². The Kier molecular flexibility index (Phi) is 6.90. The second-order valence-corrected chi connectivity index (χ2v) is 4.81. The van der Waals surface area contributed by atoms with Gasteiger partial charge < -0.3 is 9.47 Å². The SMILES string of the molecule is FC(F)=CCCOc1cccc(C#Cc2ccc(OC(F)F)cc2)c1. The minimum atomic E-state index is -2.86. The van der Waals surface area contributed by atoms with Crippen molar-refractivity contribution in [3.05, 3.63) is 71.8 Å². The number of hydrogen-bond acceptors (Lipinski definition) is 2. The zero-order valence-electron chi connectivity index (χ0n) is 13.0. The van der Waals surface area contributed by atoms with Crippen molar-refractivity contribution < 1.29 is 27.0 Å². The number of benzene rings is 2. The highest BCUT2D eigenvalue weighted by molar-refractivity contribution is 5.46. The molecule has 0 aliphatic heterocycles. The molecule has 0 spiro atoms. The van der Waals surface area contributed by atoms with Gasteiger partial charge in [-0.2, -0.15) is 17.6 Å². The van der Waals surface area contributed by atoms with Gasteiger partial charge in [-0.05, 0) is 48.5 Å². The van der Waals surface area contributed by atoms with Gasteiger partial charge in [-0.15, -0.1) is 0 Å². The molecular weight excluding hydrogens is 336 g/mol. The topological polar surface area (TPSA) is 18.5 Å². The van der Waals surface area contributed by atoms with Gasteiger partial charge in [0.2, 0.25) is 0 Å². The van der Waals surface area contributed by atoms with Crippen LogP contribution in [0.15, 0.2) is 60.7 Å². The van der Waals surface area contributed by atoms with Crippen molar-refractivity contribution in [2.75, 3.05) is 6.61 Å². The van der Waals surface area contributed by atoms with Crippen LogP contribution in [-0.4, -0.2) is 13.2 Å². The smallest absolute Gasteiger partial charge is 0.387 e. The molecule has 0 fully saturated rings. The third-order valence-electron chi connectivity index (χ3n) is 2.95. The Morgan fingerprint density at radius 1 is 0.960 bits per heavy atom. The van der Waals surface area contributed by atoms with E-state index in [1.807, 2.05) is 0 Å². The summed E-state index contributed by atoms with van der Waals surface area (Å²) in [7, 11) is 0. The summed E-state index contributed by atoms with van der Waals surface area (Å²) in [5.41, 5.74) is 1.31. The zero-order chi connectivity index (χ0) is 18.1. The van der Waals surface area contributed by atoms with Crippen LogP contribution in [0.25, 0.3) is 0 Å².